The quantitative estimate of drug-likeness (QED) is 0.119. The number of carbonyl (C=O) groups excluding carboxylic acids is 2. The molecular weight excluding hydrogens is 637 g/mol. The number of carbonyl (C=O) groups is 2. The smallest absolute Gasteiger partial charge is 0.363 e. The van der Waals surface area contributed by atoms with Crippen molar-refractivity contribution in [3.63, 3.8) is 0 Å². The van der Waals surface area contributed by atoms with Crippen LogP contribution >= 0.6 is 62.1 Å². The summed E-state index contributed by atoms with van der Waals surface area (Å²) in [6, 6.07) is 15.2. The molecular formula is C27H15BrCl3NO5S. The van der Waals surface area contributed by atoms with Crippen molar-refractivity contribution in [2.45, 2.75) is 6.92 Å². The van der Waals surface area contributed by atoms with E-state index in [1.54, 1.807) is 37.3 Å². The van der Waals surface area contributed by atoms with Crippen molar-refractivity contribution in [1.82, 2.24) is 0 Å². The number of fused-ring (bicyclic) bond motifs is 1. The van der Waals surface area contributed by atoms with Crippen molar-refractivity contribution >= 4 is 96.1 Å². The minimum absolute atomic E-state index is 0.0708. The van der Waals surface area contributed by atoms with Crippen LogP contribution in [0.2, 0.25) is 15.1 Å². The van der Waals surface area contributed by atoms with Crippen molar-refractivity contribution < 1.29 is 23.8 Å². The molecule has 0 amide bonds. The standard InChI is InChI=1S/C27H15BrCl3NO5S/c1-2-35-21-10-13(9-19-26(33)37-25(32-19)16-7-5-15(29)12-18(16)30)3-8-20(21)36-27(34)24-23(31)17-6-4-14(28)11-22(17)38-24/h3-12H,2H2,1H3/b19-9+. The zero-order valence-electron chi connectivity index (χ0n) is 19.4. The number of benzene rings is 3. The molecule has 5 rings (SSSR count). The summed E-state index contributed by atoms with van der Waals surface area (Å²) in [4.78, 5) is 30.0. The highest BCUT2D eigenvalue weighted by Gasteiger charge is 2.26. The van der Waals surface area contributed by atoms with E-state index < -0.39 is 11.9 Å². The molecule has 1 aliphatic heterocycles. The molecule has 38 heavy (non-hydrogen) atoms. The zero-order chi connectivity index (χ0) is 27.0. The minimum atomic E-state index is -0.634. The second kappa shape index (κ2) is 11.1. The zero-order valence-corrected chi connectivity index (χ0v) is 24.1. The van der Waals surface area contributed by atoms with Crippen LogP contribution in [0.5, 0.6) is 11.5 Å². The third-order valence-corrected chi connectivity index (χ3v) is 8.01. The van der Waals surface area contributed by atoms with E-state index in [1.165, 1.54) is 23.5 Å². The highest BCUT2D eigenvalue weighted by Crippen LogP contribution is 2.38. The fourth-order valence-electron chi connectivity index (χ4n) is 3.63. The molecule has 3 aromatic carbocycles. The Hall–Kier alpha value is -2.88. The molecule has 2 heterocycles. The van der Waals surface area contributed by atoms with Gasteiger partial charge in [0.05, 0.1) is 22.2 Å². The maximum absolute atomic E-state index is 13.0. The Balaban J connectivity index is 1.42. The van der Waals surface area contributed by atoms with Crippen LogP contribution in [-0.2, 0) is 9.53 Å². The molecule has 6 nitrogen and oxygen atoms in total. The topological polar surface area (TPSA) is 74.2 Å². The van der Waals surface area contributed by atoms with Crippen molar-refractivity contribution in [2.24, 2.45) is 4.99 Å². The molecule has 0 N–H and O–H groups in total. The van der Waals surface area contributed by atoms with Gasteiger partial charge in [0.25, 0.3) is 0 Å². The highest BCUT2D eigenvalue weighted by molar-refractivity contribution is 9.10. The lowest BCUT2D eigenvalue weighted by molar-refractivity contribution is -0.129. The van der Waals surface area contributed by atoms with Gasteiger partial charge in [-0.05, 0) is 61.0 Å². The fourth-order valence-corrected chi connectivity index (χ4v) is 6.05. The molecule has 0 aliphatic carbocycles. The number of aliphatic imine (C=N–C) groups is 1. The second-order valence-electron chi connectivity index (χ2n) is 7.87. The van der Waals surface area contributed by atoms with Crippen LogP contribution in [0.3, 0.4) is 0 Å². The third kappa shape index (κ3) is 5.46. The number of nitrogens with zero attached hydrogens (tertiary/aromatic N) is 1. The van der Waals surface area contributed by atoms with Crippen molar-refractivity contribution in [3.8, 4) is 11.5 Å². The van der Waals surface area contributed by atoms with E-state index in [0.29, 0.717) is 38.6 Å². The number of halogens is 4. The third-order valence-electron chi connectivity index (χ3n) is 5.33. The lowest BCUT2D eigenvalue weighted by atomic mass is 10.1. The molecule has 1 aromatic heterocycles. The Morgan fingerprint density at radius 1 is 1.08 bits per heavy atom. The van der Waals surface area contributed by atoms with Crippen molar-refractivity contribution in [1.29, 1.82) is 0 Å². The number of thiophene rings is 1. The first-order chi connectivity index (χ1) is 18.2. The number of hydrogen-bond acceptors (Lipinski definition) is 7. The SMILES string of the molecule is CCOc1cc(/C=C2/N=C(c3ccc(Cl)cc3Cl)OC2=O)ccc1OC(=O)c1sc2cc(Br)ccc2c1Cl. The van der Waals surface area contributed by atoms with E-state index in [-0.39, 0.29) is 22.2 Å². The van der Waals surface area contributed by atoms with Gasteiger partial charge in [-0.1, -0.05) is 62.9 Å². The number of cyclic esters (lactones) is 1. The monoisotopic (exact) mass is 649 g/mol. The van der Waals surface area contributed by atoms with Gasteiger partial charge in [0.1, 0.15) is 4.88 Å². The molecule has 0 saturated heterocycles. The van der Waals surface area contributed by atoms with Crippen molar-refractivity contribution in [3.05, 3.63) is 95.8 Å². The van der Waals surface area contributed by atoms with Gasteiger partial charge < -0.3 is 14.2 Å². The Kier molecular flexibility index (Phi) is 7.79. The van der Waals surface area contributed by atoms with Crippen LogP contribution in [0, 0.1) is 0 Å². The first-order valence-electron chi connectivity index (χ1n) is 11.1. The summed E-state index contributed by atoms with van der Waals surface area (Å²) >= 11 is 23.3. The summed E-state index contributed by atoms with van der Waals surface area (Å²) in [5.74, 6) is -0.643. The van der Waals surface area contributed by atoms with Crippen molar-refractivity contribution in [2.75, 3.05) is 6.61 Å². The van der Waals surface area contributed by atoms with Crippen LogP contribution in [0.4, 0.5) is 0 Å². The summed E-state index contributed by atoms with van der Waals surface area (Å²) in [5.41, 5.74) is 1.09. The lowest BCUT2D eigenvalue weighted by Crippen LogP contribution is -2.08. The Labute approximate surface area is 244 Å². The second-order valence-corrected chi connectivity index (χ2v) is 11.1. The van der Waals surface area contributed by atoms with Crippen LogP contribution in [-0.4, -0.2) is 24.4 Å². The largest absolute Gasteiger partial charge is 0.490 e. The Morgan fingerprint density at radius 2 is 1.89 bits per heavy atom. The van der Waals surface area contributed by atoms with Gasteiger partial charge in [-0.15, -0.1) is 11.3 Å². The molecule has 0 unspecified atom stereocenters. The molecule has 0 spiro atoms. The molecule has 0 bridgehead atoms. The number of rotatable bonds is 6. The molecule has 0 saturated carbocycles. The summed E-state index contributed by atoms with van der Waals surface area (Å²) < 4.78 is 18.4. The van der Waals surface area contributed by atoms with E-state index in [2.05, 4.69) is 20.9 Å². The maximum Gasteiger partial charge on any atom is 0.363 e. The van der Waals surface area contributed by atoms with E-state index in [9.17, 15) is 9.59 Å². The normalized spacial score (nSPS) is 14.1. The number of hydrogen-bond donors (Lipinski definition) is 0. The van der Waals surface area contributed by atoms with Gasteiger partial charge in [0, 0.05) is 19.6 Å². The molecule has 11 heteroatoms. The van der Waals surface area contributed by atoms with Crippen LogP contribution in [0.15, 0.2) is 69.8 Å². The van der Waals surface area contributed by atoms with Gasteiger partial charge in [-0.25, -0.2) is 14.6 Å². The fraction of sp³-hybridized carbons (Fsp3) is 0.0741. The average molecular weight is 652 g/mol. The Morgan fingerprint density at radius 3 is 2.66 bits per heavy atom. The molecule has 0 radical (unpaired) electrons. The van der Waals surface area contributed by atoms with Crippen LogP contribution < -0.4 is 9.47 Å². The number of ether oxygens (including phenoxy) is 3. The van der Waals surface area contributed by atoms with Crippen LogP contribution in [0.1, 0.15) is 27.7 Å². The van der Waals surface area contributed by atoms with Gasteiger partial charge in [-0.3, -0.25) is 0 Å². The first kappa shape index (κ1) is 26.7. The molecule has 4 aromatic rings. The Bertz CT molecular complexity index is 1680. The predicted molar refractivity (Wildman–Crippen MR) is 154 cm³/mol. The van der Waals surface area contributed by atoms with Gasteiger partial charge in [-0.2, -0.15) is 0 Å². The average Bonchev–Trinajstić information content (AvgIpc) is 3.39. The van der Waals surface area contributed by atoms with E-state index in [1.807, 2.05) is 18.2 Å². The molecule has 0 fully saturated rings. The summed E-state index contributed by atoms with van der Waals surface area (Å²) in [7, 11) is 0. The highest BCUT2D eigenvalue weighted by atomic mass is 79.9. The van der Waals surface area contributed by atoms with E-state index >= 15 is 0 Å². The maximum atomic E-state index is 13.0. The van der Waals surface area contributed by atoms with Gasteiger partial charge >= 0.3 is 11.9 Å². The summed E-state index contributed by atoms with van der Waals surface area (Å²) in [5, 5.41) is 1.85. The van der Waals surface area contributed by atoms with E-state index in [4.69, 9.17) is 49.0 Å². The van der Waals surface area contributed by atoms with Gasteiger partial charge in [0.15, 0.2) is 17.2 Å². The minimum Gasteiger partial charge on any atom is -0.490 e. The van der Waals surface area contributed by atoms with Crippen LogP contribution in [0.25, 0.3) is 16.2 Å². The molecule has 1 aliphatic rings. The lowest BCUT2D eigenvalue weighted by Gasteiger charge is -2.11. The van der Waals surface area contributed by atoms with E-state index in [0.717, 1.165) is 14.6 Å². The molecule has 0 atom stereocenters. The predicted octanol–water partition coefficient (Wildman–Crippen LogP) is 8.59. The first-order valence-corrected chi connectivity index (χ1v) is 13.8. The number of esters is 2. The van der Waals surface area contributed by atoms with Gasteiger partial charge in [0.2, 0.25) is 5.90 Å². The molecule has 192 valence electrons. The summed E-state index contributed by atoms with van der Waals surface area (Å²) in [6.07, 6.45) is 1.54. The summed E-state index contributed by atoms with van der Waals surface area (Å²) in [6.45, 7) is 2.12.